The topological polar surface area (TPSA) is 106 Å². The maximum absolute atomic E-state index is 13.4. The van der Waals surface area contributed by atoms with E-state index in [2.05, 4.69) is 25.4 Å². The van der Waals surface area contributed by atoms with Crippen molar-refractivity contribution in [2.45, 2.75) is 32.2 Å². The van der Waals surface area contributed by atoms with Crippen LogP contribution in [0.5, 0.6) is 5.88 Å². The molecule has 1 aliphatic rings. The summed E-state index contributed by atoms with van der Waals surface area (Å²) in [6.45, 7) is 4.03. The van der Waals surface area contributed by atoms with E-state index < -0.39 is 30.6 Å². The molecule has 3 heterocycles. The number of hydrogen-bond acceptors (Lipinski definition) is 8. The zero-order valence-corrected chi connectivity index (χ0v) is 18.2. The summed E-state index contributed by atoms with van der Waals surface area (Å²) < 4.78 is 37.1. The molecule has 1 fully saturated rings. The molecular formula is C20H19ClF2N6O3. The van der Waals surface area contributed by atoms with Crippen LogP contribution < -0.4 is 15.0 Å². The molecule has 12 heteroatoms. The number of ether oxygens (including phenoxy) is 1. The van der Waals surface area contributed by atoms with Gasteiger partial charge in [0, 0.05) is 17.5 Å². The number of nitrogens with zero attached hydrogens (tertiary/aromatic N) is 5. The minimum atomic E-state index is -2.79. The Morgan fingerprint density at radius 3 is 2.69 bits per heavy atom. The van der Waals surface area contributed by atoms with Gasteiger partial charge in [0.2, 0.25) is 11.8 Å². The number of nitrogens with one attached hydrogen (secondary N) is 1. The molecule has 0 aliphatic carbocycles. The van der Waals surface area contributed by atoms with Crippen LogP contribution in [0.25, 0.3) is 11.3 Å². The van der Waals surface area contributed by atoms with Crippen molar-refractivity contribution in [2.24, 2.45) is 0 Å². The Bertz CT molecular complexity index is 1160. The van der Waals surface area contributed by atoms with Crippen LogP contribution in [0.2, 0.25) is 5.02 Å². The van der Waals surface area contributed by atoms with Crippen LogP contribution in [0.1, 0.15) is 25.6 Å². The summed E-state index contributed by atoms with van der Waals surface area (Å²) in [7, 11) is 0. The van der Waals surface area contributed by atoms with Crippen LogP contribution in [0.15, 0.2) is 35.0 Å². The maximum Gasteiger partial charge on any atom is 0.414 e. The number of anilines is 1. The van der Waals surface area contributed by atoms with Gasteiger partial charge < -0.3 is 19.5 Å². The molecule has 0 bridgehead atoms. The van der Waals surface area contributed by atoms with Gasteiger partial charge in [0.1, 0.15) is 11.2 Å². The van der Waals surface area contributed by atoms with Gasteiger partial charge in [-0.3, -0.25) is 0 Å². The van der Waals surface area contributed by atoms with Crippen molar-refractivity contribution in [2.75, 3.05) is 18.0 Å². The Hall–Kier alpha value is -3.34. The average molecular weight is 465 g/mol. The predicted octanol–water partition coefficient (Wildman–Crippen LogP) is 3.97. The highest BCUT2D eigenvalue weighted by Crippen LogP contribution is 2.37. The first-order valence-electron chi connectivity index (χ1n) is 9.59. The predicted molar refractivity (Wildman–Crippen MR) is 111 cm³/mol. The van der Waals surface area contributed by atoms with Crippen molar-refractivity contribution in [1.29, 1.82) is 0 Å². The fourth-order valence-electron chi connectivity index (χ4n) is 3.12. The first-order valence-corrected chi connectivity index (χ1v) is 9.97. The van der Waals surface area contributed by atoms with Crippen molar-refractivity contribution < 1.29 is 22.8 Å². The molecule has 1 amide bonds. The van der Waals surface area contributed by atoms with E-state index in [4.69, 9.17) is 20.9 Å². The van der Waals surface area contributed by atoms with Crippen LogP contribution in [0, 0.1) is 6.92 Å². The number of aromatic nitrogens is 4. The van der Waals surface area contributed by atoms with Crippen molar-refractivity contribution in [1.82, 2.24) is 25.4 Å². The molecule has 168 valence electrons. The van der Waals surface area contributed by atoms with Gasteiger partial charge in [-0.15, -0.1) is 0 Å². The first-order chi connectivity index (χ1) is 15.0. The summed E-state index contributed by atoms with van der Waals surface area (Å²) in [6, 6.07) is 6.70. The van der Waals surface area contributed by atoms with Crippen molar-refractivity contribution in [3.05, 3.63) is 47.2 Å². The quantitative estimate of drug-likeness (QED) is 0.604. The third-order valence-electron chi connectivity index (χ3n) is 4.67. The molecule has 4 rings (SSSR count). The summed E-state index contributed by atoms with van der Waals surface area (Å²) in [5, 5.41) is 6.87. The fourth-order valence-corrected chi connectivity index (χ4v) is 3.31. The number of alkyl halides is 2. The number of rotatable bonds is 5. The summed E-state index contributed by atoms with van der Waals surface area (Å²) in [5.74, 6) is -2.04. The zero-order chi connectivity index (χ0) is 23.1. The number of amides is 1. The molecule has 1 aliphatic heterocycles. The van der Waals surface area contributed by atoms with E-state index >= 15 is 0 Å². The SMILES string of the molecule is Cc1nc(C(C)(C)NC(=O)Oc2cnc(N3CC(F)(F)C3)c(-c3cccc(Cl)c3)n2)no1. The van der Waals surface area contributed by atoms with Gasteiger partial charge in [-0.2, -0.15) is 4.98 Å². The van der Waals surface area contributed by atoms with Crippen molar-refractivity contribution >= 4 is 23.5 Å². The molecule has 32 heavy (non-hydrogen) atoms. The maximum atomic E-state index is 13.4. The molecule has 0 unspecified atom stereocenters. The number of halogens is 3. The van der Waals surface area contributed by atoms with E-state index in [0.717, 1.165) is 0 Å². The second-order valence-electron chi connectivity index (χ2n) is 7.88. The minimum absolute atomic E-state index is 0.117. The smallest absolute Gasteiger partial charge is 0.390 e. The summed E-state index contributed by atoms with van der Waals surface area (Å²) in [6.07, 6.45) is 0.373. The summed E-state index contributed by atoms with van der Waals surface area (Å²) in [5.41, 5.74) is -0.175. The highest BCUT2D eigenvalue weighted by Gasteiger charge is 2.45. The van der Waals surface area contributed by atoms with Crippen LogP contribution in [0.3, 0.4) is 0 Å². The Morgan fingerprint density at radius 2 is 2.06 bits per heavy atom. The minimum Gasteiger partial charge on any atom is -0.390 e. The molecule has 1 N–H and O–H groups in total. The van der Waals surface area contributed by atoms with Crippen molar-refractivity contribution in [3.8, 4) is 17.1 Å². The average Bonchev–Trinajstić information content (AvgIpc) is 3.13. The van der Waals surface area contributed by atoms with E-state index in [0.29, 0.717) is 16.5 Å². The number of benzene rings is 1. The number of hydrogen-bond donors (Lipinski definition) is 1. The van der Waals surface area contributed by atoms with Crippen LogP contribution >= 0.6 is 11.6 Å². The third kappa shape index (κ3) is 4.62. The Balaban J connectivity index is 1.58. The standard InChI is InChI=1S/C20H19ClF2N6O3/c1-11-25-17(28-32-11)19(2,3)27-18(30)31-14-8-24-16(29-9-20(22,23)10-29)15(26-14)12-5-4-6-13(21)7-12/h4-8H,9-10H2,1-3H3,(H,27,30). The zero-order valence-electron chi connectivity index (χ0n) is 17.4. The number of carbonyl (C=O) groups is 1. The largest absolute Gasteiger partial charge is 0.414 e. The fraction of sp³-hybridized carbons (Fsp3) is 0.350. The summed E-state index contributed by atoms with van der Waals surface area (Å²) >= 11 is 6.08. The molecule has 0 radical (unpaired) electrons. The Labute approximate surface area is 186 Å². The molecule has 2 aromatic heterocycles. The lowest BCUT2D eigenvalue weighted by molar-refractivity contribution is -0.0266. The van der Waals surface area contributed by atoms with Gasteiger partial charge in [0.25, 0.3) is 5.92 Å². The van der Waals surface area contributed by atoms with Gasteiger partial charge in [-0.25, -0.2) is 23.5 Å². The van der Waals surface area contributed by atoms with E-state index in [1.165, 1.54) is 11.1 Å². The normalized spacial score (nSPS) is 15.2. The van der Waals surface area contributed by atoms with Gasteiger partial charge in [-0.1, -0.05) is 28.9 Å². The molecule has 1 aromatic carbocycles. The van der Waals surface area contributed by atoms with Crippen molar-refractivity contribution in [3.63, 3.8) is 0 Å². The molecule has 3 aromatic rings. The second-order valence-corrected chi connectivity index (χ2v) is 8.32. The van der Waals surface area contributed by atoms with E-state index in [1.54, 1.807) is 45.0 Å². The second kappa shape index (κ2) is 7.97. The first kappa shape index (κ1) is 21.9. The highest BCUT2D eigenvalue weighted by molar-refractivity contribution is 6.30. The van der Waals surface area contributed by atoms with Gasteiger partial charge in [0.15, 0.2) is 11.6 Å². The molecule has 0 saturated carbocycles. The highest BCUT2D eigenvalue weighted by atomic mass is 35.5. The van der Waals surface area contributed by atoms with E-state index in [1.807, 2.05) is 0 Å². The van der Waals surface area contributed by atoms with Crippen LogP contribution in [0.4, 0.5) is 19.4 Å². The van der Waals surface area contributed by atoms with Crippen LogP contribution in [-0.2, 0) is 5.54 Å². The van der Waals surface area contributed by atoms with Crippen LogP contribution in [-0.4, -0.2) is 45.2 Å². The van der Waals surface area contributed by atoms with E-state index in [-0.39, 0.29) is 23.2 Å². The van der Waals surface area contributed by atoms with Gasteiger partial charge in [-0.05, 0) is 26.0 Å². The lowest BCUT2D eigenvalue weighted by Crippen LogP contribution is -2.56. The number of carbonyl (C=O) groups excluding carboxylic acids is 1. The molecule has 9 nitrogen and oxygen atoms in total. The molecule has 0 atom stereocenters. The monoisotopic (exact) mass is 464 g/mol. The lowest BCUT2D eigenvalue weighted by atomic mass is 10.1. The van der Waals surface area contributed by atoms with Gasteiger partial charge >= 0.3 is 6.09 Å². The molecule has 1 saturated heterocycles. The Kier molecular flexibility index (Phi) is 5.45. The lowest BCUT2D eigenvalue weighted by Gasteiger charge is -2.40. The molecule has 0 spiro atoms. The van der Waals surface area contributed by atoms with E-state index in [9.17, 15) is 13.6 Å². The number of aryl methyl sites for hydroxylation is 1. The Morgan fingerprint density at radius 1 is 1.31 bits per heavy atom. The van der Waals surface area contributed by atoms with Gasteiger partial charge in [0.05, 0.1) is 19.3 Å². The third-order valence-corrected chi connectivity index (χ3v) is 4.91. The summed E-state index contributed by atoms with van der Waals surface area (Å²) in [4.78, 5) is 26.5. The molecular weight excluding hydrogens is 446 g/mol.